The molecule has 0 bridgehead atoms. The highest BCUT2D eigenvalue weighted by Gasteiger charge is 2.34. The van der Waals surface area contributed by atoms with Crippen molar-refractivity contribution in [3.63, 3.8) is 0 Å². The van der Waals surface area contributed by atoms with Crippen molar-refractivity contribution >= 4 is 49.0 Å². The van der Waals surface area contributed by atoms with Gasteiger partial charge in [0.25, 0.3) is 5.91 Å². The minimum Gasteiger partial charge on any atom is -0.369 e. The van der Waals surface area contributed by atoms with Crippen LogP contribution in [0.2, 0.25) is 0 Å². The molecule has 0 aliphatic heterocycles. The van der Waals surface area contributed by atoms with Crippen molar-refractivity contribution in [3.05, 3.63) is 95.7 Å². The third-order valence-electron chi connectivity index (χ3n) is 6.32. The molecule has 0 atom stereocenters. The highest BCUT2D eigenvalue weighted by atomic mass is 32.2. The zero-order valence-corrected chi connectivity index (χ0v) is 21.7. The monoisotopic (exact) mass is 566 g/mol. The number of halogens is 3. The first-order valence-corrected chi connectivity index (χ1v) is 13.7. The number of anilines is 1. The van der Waals surface area contributed by atoms with Gasteiger partial charge in [-0.15, -0.1) is 0 Å². The maximum Gasteiger partial charge on any atom is 0.417 e. The molecule has 1 aromatic heterocycles. The number of hydrogen-bond acceptors (Lipinski definition) is 5. The molecule has 0 fully saturated rings. The van der Waals surface area contributed by atoms with Gasteiger partial charge in [0.2, 0.25) is 5.91 Å². The average Bonchev–Trinajstić information content (AvgIpc) is 3.26. The number of amides is 2. The summed E-state index contributed by atoms with van der Waals surface area (Å²) in [5.41, 5.74) is 5.51. The minimum atomic E-state index is -4.71. The van der Waals surface area contributed by atoms with Crippen LogP contribution in [0.5, 0.6) is 0 Å². The lowest BCUT2D eigenvalue weighted by atomic mass is 10.0. The first kappa shape index (κ1) is 26.9. The van der Waals surface area contributed by atoms with E-state index in [1.54, 1.807) is 42.5 Å². The number of sulfone groups is 1. The normalized spacial score (nSPS) is 12.1. The van der Waals surface area contributed by atoms with Gasteiger partial charge in [-0.1, -0.05) is 30.3 Å². The van der Waals surface area contributed by atoms with Crippen LogP contribution in [-0.4, -0.2) is 36.3 Å². The largest absolute Gasteiger partial charge is 0.417 e. The first-order valence-electron chi connectivity index (χ1n) is 11.8. The summed E-state index contributed by atoms with van der Waals surface area (Å²) in [6, 6.07) is 18.9. The van der Waals surface area contributed by atoms with Gasteiger partial charge in [-0.25, -0.2) is 13.1 Å². The molecule has 5 aromatic rings. The maximum atomic E-state index is 13.5. The van der Waals surface area contributed by atoms with Crippen LogP contribution in [0.15, 0.2) is 83.8 Å². The van der Waals surface area contributed by atoms with Gasteiger partial charge in [0, 0.05) is 22.7 Å². The molecule has 1 heterocycles. The number of benzene rings is 4. The summed E-state index contributed by atoms with van der Waals surface area (Å²) in [6.07, 6.45) is -3.78. The lowest BCUT2D eigenvalue weighted by Gasteiger charge is -2.13. The van der Waals surface area contributed by atoms with Crippen molar-refractivity contribution in [2.24, 2.45) is 5.73 Å². The third-order valence-corrected chi connectivity index (χ3v) is 7.45. The highest BCUT2D eigenvalue weighted by molar-refractivity contribution is 7.90. The standard InChI is InChI=1S/C28H21F3N4O4S/c1-40(38,39)19-11-9-18(10-12-19)35-26-21(24(34-35)15-25(32)36)13-7-16-6-8-17(14-22(16)26)33-27(37)20-4-2-3-5-23(20)28(29,30)31/h2-14H,15H2,1H3,(H2,32,36)(H,33,37). The molecule has 2 amide bonds. The SMILES string of the molecule is CS(=O)(=O)c1ccc(-n2nc(CC(N)=O)c3ccc4ccc(NC(=O)c5ccccc5C(F)(F)F)cc4c32)cc1. The molecule has 12 heteroatoms. The summed E-state index contributed by atoms with van der Waals surface area (Å²) in [4.78, 5) is 24.8. The molecule has 40 heavy (non-hydrogen) atoms. The van der Waals surface area contributed by atoms with Crippen LogP contribution in [0.4, 0.5) is 18.9 Å². The molecule has 0 saturated heterocycles. The number of carbonyl (C=O) groups excluding carboxylic acids is 2. The number of nitrogens with one attached hydrogen (secondary N) is 1. The molecular formula is C28H21F3N4O4S. The molecular weight excluding hydrogens is 545 g/mol. The predicted octanol–water partition coefficient (Wildman–Crippen LogP) is 4.88. The summed E-state index contributed by atoms with van der Waals surface area (Å²) in [5, 5.41) is 9.00. The number of rotatable bonds is 6. The lowest BCUT2D eigenvalue weighted by molar-refractivity contribution is -0.137. The van der Waals surface area contributed by atoms with Crippen molar-refractivity contribution in [2.75, 3.05) is 11.6 Å². The fourth-order valence-electron chi connectivity index (χ4n) is 4.51. The number of nitrogens with two attached hydrogens (primary N) is 1. The fraction of sp³-hybridized carbons (Fsp3) is 0.107. The number of fused-ring (bicyclic) bond motifs is 3. The van der Waals surface area contributed by atoms with E-state index in [1.165, 1.54) is 28.9 Å². The minimum absolute atomic E-state index is 0.110. The molecule has 0 aliphatic rings. The van der Waals surface area contributed by atoms with Gasteiger partial charge in [-0.05, 0) is 53.9 Å². The van der Waals surface area contributed by atoms with Gasteiger partial charge in [0.05, 0.1) is 39.3 Å². The van der Waals surface area contributed by atoms with Crippen LogP contribution in [0, 0.1) is 0 Å². The molecule has 0 unspecified atom stereocenters. The van der Waals surface area contributed by atoms with E-state index in [0.29, 0.717) is 27.7 Å². The summed E-state index contributed by atoms with van der Waals surface area (Å²) < 4.78 is 65.8. The van der Waals surface area contributed by atoms with Crippen LogP contribution in [0.25, 0.3) is 27.4 Å². The predicted molar refractivity (Wildman–Crippen MR) is 144 cm³/mol. The summed E-state index contributed by atoms with van der Waals surface area (Å²) in [7, 11) is -3.44. The van der Waals surface area contributed by atoms with Gasteiger partial charge in [-0.2, -0.15) is 18.3 Å². The summed E-state index contributed by atoms with van der Waals surface area (Å²) in [6.45, 7) is 0. The number of carbonyl (C=O) groups is 2. The quantitative estimate of drug-likeness (QED) is 0.303. The van der Waals surface area contributed by atoms with E-state index in [9.17, 15) is 31.2 Å². The van der Waals surface area contributed by atoms with E-state index >= 15 is 0 Å². The average molecular weight is 567 g/mol. The van der Waals surface area contributed by atoms with Crippen molar-refractivity contribution in [1.82, 2.24) is 9.78 Å². The summed E-state index contributed by atoms with van der Waals surface area (Å²) >= 11 is 0. The summed E-state index contributed by atoms with van der Waals surface area (Å²) in [5.74, 6) is -1.54. The second-order valence-electron chi connectivity index (χ2n) is 9.16. The molecule has 0 spiro atoms. The number of aromatic nitrogens is 2. The van der Waals surface area contributed by atoms with E-state index in [4.69, 9.17) is 5.73 Å². The van der Waals surface area contributed by atoms with E-state index in [0.717, 1.165) is 23.8 Å². The number of hydrogen-bond donors (Lipinski definition) is 2. The molecule has 5 rings (SSSR count). The molecule has 8 nitrogen and oxygen atoms in total. The molecule has 0 saturated carbocycles. The lowest BCUT2D eigenvalue weighted by Crippen LogP contribution is -2.18. The van der Waals surface area contributed by atoms with E-state index in [2.05, 4.69) is 10.4 Å². The molecule has 3 N–H and O–H groups in total. The van der Waals surface area contributed by atoms with Crippen LogP contribution in [0.3, 0.4) is 0 Å². The number of nitrogens with zero attached hydrogens (tertiary/aromatic N) is 2. The van der Waals surface area contributed by atoms with Crippen LogP contribution in [-0.2, 0) is 27.2 Å². The van der Waals surface area contributed by atoms with Gasteiger partial charge >= 0.3 is 6.18 Å². The molecule has 204 valence electrons. The van der Waals surface area contributed by atoms with E-state index < -0.39 is 39.0 Å². The Bertz CT molecular complexity index is 1910. The first-order chi connectivity index (χ1) is 18.8. The Labute approximate surface area is 226 Å². The Morgan fingerprint density at radius 3 is 2.27 bits per heavy atom. The third kappa shape index (κ3) is 5.13. The van der Waals surface area contributed by atoms with Gasteiger partial charge in [0.1, 0.15) is 0 Å². The Morgan fingerprint density at radius 2 is 1.62 bits per heavy atom. The van der Waals surface area contributed by atoms with Crippen LogP contribution >= 0.6 is 0 Å². The topological polar surface area (TPSA) is 124 Å². The zero-order valence-electron chi connectivity index (χ0n) is 20.9. The molecule has 0 radical (unpaired) electrons. The van der Waals surface area contributed by atoms with Gasteiger partial charge in [-0.3, -0.25) is 9.59 Å². The Morgan fingerprint density at radius 1 is 0.950 bits per heavy atom. The van der Waals surface area contributed by atoms with Crippen LogP contribution < -0.4 is 11.1 Å². The van der Waals surface area contributed by atoms with Crippen LogP contribution in [0.1, 0.15) is 21.6 Å². The van der Waals surface area contributed by atoms with Crippen molar-refractivity contribution in [1.29, 1.82) is 0 Å². The van der Waals surface area contributed by atoms with Gasteiger partial charge < -0.3 is 11.1 Å². The Hall–Kier alpha value is -4.71. The van der Waals surface area contributed by atoms with E-state index in [-0.39, 0.29) is 17.0 Å². The Kier molecular flexibility index (Phi) is 6.58. The smallest absolute Gasteiger partial charge is 0.369 e. The second kappa shape index (κ2) is 9.79. The van der Waals surface area contributed by atoms with E-state index in [1.807, 2.05) is 0 Å². The van der Waals surface area contributed by atoms with Crippen molar-refractivity contribution in [3.8, 4) is 5.69 Å². The Balaban J connectivity index is 1.65. The van der Waals surface area contributed by atoms with Gasteiger partial charge in [0.15, 0.2) is 9.84 Å². The number of primary amides is 1. The zero-order chi connectivity index (χ0) is 28.8. The van der Waals surface area contributed by atoms with Crippen molar-refractivity contribution < 1.29 is 31.2 Å². The number of alkyl halides is 3. The highest BCUT2D eigenvalue weighted by Crippen LogP contribution is 2.34. The second-order valence-corrected chi connectivity index (χ2v) is 11.2. The maximum absolute atomic E-state index is 13.5. The molecule has 4 aromatic carbocycles. The molecule has 0 aliphatic carbocycles. The fourth-order valence-corrected chi connectivity index (χ4v) is 5.14. The van der Waals surface area contributed by atoms with Crippen molar-refractivity contribution in [2.45, 2.75) is 17.5 Å².